The number of aromatic nitrogens is 6. The molecule has 0 atom stereocenters. The molecule has 0 aliphatic rings. The van der Waals surface area contributed by atoms with Gasteiger partial charge in [0.25, 0.3) is 0 Å². The normalized spacial score (nSPS) is 11.8. The van der Waals surface area contributed by atoms with Crippen molar-refractivity contribution < 1.29 is 0 Å². The van der Waals surface area contributed by atoms with Crippen LogP contribution in [0.15, 0.2) is 194 Å². The quantitative estimate of drug-likeness (QED) is 0.165. The molecule has 8 aromatic carbocycles. The van der Waals surface area contributed by atoms with Crippen molar-refractivity contribution in [1.82, 2.24) is 29.1 Å². The van der Waals surface area contributed by atoms with Crippen molar-refractivity contribution in [3.8, 4) is 45.5 Å². The second kappa shape index (κ2) is 12.8. The Hall–Kier alpha value is -7.96. The van der Waals surface area contributed by atoms with Crippen molar-refractivity contribution in [3.63, 3.8) is 0 Å². The lowest BCUT2D eigenvalue weighted by Gasteiger charge is -2.16. The Morgan fingerprint density at radius 2 is 0.862 bits per heavy atom. The molecular formula is C52H32N6. The fourth-order valence-corrected chi connectivity index (χ4v) is 8.81. The molecule has 0 saturated carbocycles. The fraction of sp³-hybridized carbons (Fsp3) is 0. The molecule has 6 heteroatoms. The Balaban J connectivity index is 1.12. The van der Waals surface area contributed by atoms with E-state index in [2.05, 4.69) is 173 Å². The fourth-order valence-electron chi connectivity index (χ4n) is 8.81. The summed E-state index contributed by atoms with van der Waals surface area (Å²) >= 11 is 0. The second-order valence-electron chi connectivity index (χ2n) is 14.7. The first-order valence-electron chi connectivity index (χ1n) is 19.5. The molecule has 0 aliphatic carbocycles. The smallest absolute Gasteiger partial charge is 0.198 e. The van der Waals surface area contributed by atoms with Gasteiger partial charge in [-0.15, -0.1) is 0 Å². The van der Waals surface area contributed by atoms with Crippen LogP contribution in [0.2, 0.25) is 0 Å². The predicted octanol–water partition coefficient (Wildman–Crippen LogP) is 12.8. The molecule has 12 rings (SSSR count). The number of fused-ring (bicyclic) bond motifs is 9. The number of hydrogen-bond donors (Lipinski definition) is 0. The Morgan fingerprint density at radius 3 is 1.45 bits per heavy atom. The van der Waals surface area contributed by atoms with Crippen LogP contribution < -0.4 is 0 Å². The summed E-state index contributed by atoms with van der Waals surface area (Å²) in [5.41, 5.74) is 11.1. The standard InChI is InChI=1S/C52H32N6/c1-2-15-34(16-3-1)49-43-27-26-33-14-4-5-17-38(33)50(43)56-52(55-49)51-53-29-28-44(54-51)35-30-36(57-45-22-10-6-18-39(45)40-19-7-11-23-46(40)57)32-37(31-35)58-47-24-12-8-20-41(47)42-21-9-13-25-48(42)58/h1-32H. The minimum atomic E-state index is 0.463. The molecule has 270 valence electrons. The van der Waals surface area contributed by atoms with E-state index in [4.69, 9.17) is 19.9 Å². The van der Waals surface area contributed by atoms with Gasteiger partial charge in [0.1, 0.15) is 0 Å². The van der Waals surface area contributed by atoms with Crippen molar-refractivity contribution >= 4 is 65.3 Å². The Kier molecular flexibility index (Phi) is 7.13. The van der Waals surface area contributed by atoms with Crippen LogP contribution in [0.4, 0.5) is 0 Å². The summed E-state index contributed by atoms with van der Waals surface area (Å²) in [7, 11) is 0. The molecule has 4 aromatic heterocycles. The molecule has 12 aromatic rings. The first-order valence-corrected chi connectivity index (χ1v) is 19.5. The Labute approximate surface area is 333 Å². The van der Waals surface area contributed by atoms with Crippen molar-refractivity contribution in [2.45, 2.75) is 0 Å². The highest BCUT2D eigenvalue weighted by Gasteiger charge is 2.20. The van der Waals surface area contributed by atoms with E-state index >= 15 is 0 Å². The van der Waals surface area contributed by atoms with E-state index in [0.717, 1.165) is 77.6 Å². The largest absolute Gasteiger partial charge is 0.309 e. The third kappa shape index (κ3) is 4.98. The van der Waals surface area contributed by atoms with Crippen molar-refractivity contribution in [2.24, 2.45) is 0 Å². The highest BCUT2D eigenvalue weighted by Crippen LogP contribution is 2.38. The van der Waals surface area contributed by atoms with E-state index in [1.807, 2.05) is 30.5 Å². The molecule has 0 radical (unpaired) electrons. The van der Waals surface area contributed by atoms with E-state index in [9.17, 15) is 0 Å². The number of hydrogen-bond acceptors (Lipinski definition) is 4. The van der Waals surface area contributed by atoms with Gasteiger partial charge in [-0.25, -0.2) is 19.9 Å². The van der Waals surface area contributed by atoms with Crippen LogP contribution in [-0.2, 0) is 0 Å². The van der Waals surface area contributed by atoms with Gasteiger partial charge >= 0.3 is 0 Å². The van der Waals surface area contributed by atoms with Gasteiger partial charge in [0.2, 0.25) is 0 Å². The zero-order valence-electron chi connectivity index (χ0n) is 31.2. The van der Waals surface area contributed by atoms with Gasteiger partial charge in [-0.2, -0.15) is 0 Å². The zero-order valence-corrected chi connectivity index (χ0v) is 31.2. The van der Waals surface area contributed by atoms with E-state index in [1.165, 1.54) is 21.5 Å². The third-order valence-corrected chi connectivity index (χ3v) is 11.4. The van der Waals surface area contributed by atoms with Gasteiger partial charge in [-0.3, -0.25) is 0 Å². The summed E-state index contributed by atoms with van der Waals surface area (Å²) < 4.78 is 4.74. The molecule has 58 heavy (non-hydrogen) atoms. The average molecular weight is 741 g/mol. The molecule has 0 spiro atoms. The van der Waals surface area contributed by atoms with Crippen LogP contribution in [0.3, 0.4) is 0 Å². The summed E-state index contributed by atoms with van der Waals surface area (Å²) in [6, 6.07) is 66.2. The molecule has 6 nitrogen and oxygen atoms in total. The molecule has 0 aliphatic heterocycles. The summed E-state index contributed by atoms with van der Waals surface area (Å²) in [5, 5.41) is 8.00. The van der Waals surface area contributed by atoms with Crippen LogP contribution in [0.25, 0.3) is 111 Å². The highest BCUT2D eigenvalue weighted by atomic mass is 15.0. The lowest BCUT2D eigenvalue weighted by atomic mass is 10.0. The number of nitrogens with zero attached hydrogens (tertiary/aromatic N) is 6. The second-order valence-corrected chi connectivity index (χ2v) is 14.7. The van der Waals surface area contributed by atoms with Crippen LogP contribution in [0.5, 0.6) is 0 Å². The SMILES string of the molecule is c1ccc(-c2nc(-c3nccc(-c4cc(-n5c6ccccc6c6ccccc65)cc(-n5c6ccccc6c6ccccc65)c4)n3)nc3c2ccc2ccccc23)cc1. The summed E-state index contributed by atoms with van der Waals surface area (Å²) in [4.78, 5) is 20.5. The molecule has 0 bridgehead atoms. The van der Waals surface area contributed by atoms with Gasteiger partial charge in [0.15, 0.2) is 11.6 Å². The first-order chi connectivity index (χ1) is 28.8. The van der Waals surface area contributed by atoms with Crippen molar-refractivity contribution in [1.29, 1.82) is 0 Å². The molecule has 4 heterocycles. The molecule has 0 N–H and O–H groups in total. The van der Waals surface area contributed by atoms with Crippen LogP contribution in [-0.4, -0.2) is 29.1 Å². The monoisotopic (exact) mass is 740 g/mol. The summed E-state index contributed by atoms with van der Waals surface area (Å²) in [6.07, 6.45) is 1.82. The van der Waals surface area contributed by atoms with E-state index in [-0.39, 0.29) is 0 Å². The molecule has 0 fully saturated rings. The van der Waals surface area contributed by atoms with Crippen LogP contribution in [0.1, 0.15) is 0 Å². The summed E-state index contributed by atoms with van der Waals surface area (Å²) in [5.74, 6) is 0.941. The maximum Gasteiger partial charge on any atom is 0.198 e. The maximum atomic E-state index is 5.27. The van der Waals surface area contributed by atoms with E-state index < -0.39 is 0 Å². The molecule has 0 amide bonds. The minimum absolute atomic E-state index is 0.463. The average Bonchev–Trinajstić information content (AvgIpc) is 3.82. The maximum absolute atomic E-state index is 5.27. The summed E-state index contributed by atoms with van der Waals surface area (Å²) in [6.45, 7) is 0. The van der Waals surface area contributed by atoms with Gasteiger partial charge in [-0.05, 0) is 60.0 Å². The number of rotatable bonds is 5. The van der Waals surface area contributed by atoms with Gasteiger partial charge in [0.05, 0.1) is 39.0 Å². The van der Waals surface area contributed by atoms with Crippen molar-refractivity contribution in [2.75, 3.05) is 0 Å². The van der Waals surface area contributed by atoms with Crippen LogP contribution in [0, 0.1) is 0 Å². The molecule has 0 saturated heterocycles. The van der Waals surface area contributed by atoms with Gasteiger partial charge in [0, 0.05) is 61.0 Å². The van der Waals surface area contributed by atoms with Crippen LogP contribution >= 0.6 is 0 Å². The lowest BCUT2D eigenvalue weighted by Crippen LogP contribution is -2.02. The molecular weight excluding hydrogens is 709 g/mol. The highest BCUT2D eigenvalue weighted by molar-refractivity contribution is 6.11. The predicted molar refractivity (Wildman–Crippen MR) is 238 cm³/mol. The van der Waals surface area contributed by atoms with Crippen molar-refractivity contribution in [3.05, 3.63) is 194 Å². The van der Waals surface area contributed by atoms with E-state index in [0.29, 0.717) is 11.6 Å². The first kappa shape index (κ1) is 32.3. The number of benzene rings is 8. The minimum Gasteiger partial charge on any atom is -0.309 e. The van der Waals surface area contributed by atoms with Gasteiger partial charge in [-0.1, -0.05) is 133 Å². The zero-order chi connectivity index (χ0) is 38.2. The Bertz CT molecular complexity index is 3340. The molecule has 0 unspecified atom stereocenters. The lowest BCUT2D eigenvalue weighted by molar-refractivity contribution is 1.10. The van der Waals surface area contributed by atoms with Gasteiger partial charge < -0.3 is 9.13 Å². The van der Waals surface area contributed by atoms with E-state index in [1.54, 1.807) is 0 Å². The number of para-hydroxylation sites is 4. The Morgan fingerprint density at radius 1 is 0.345 bits per heavy atom. The third-order valence-electron chi connectivity index (χ3n) is 11.4. The topological polar surface area (TPSA) is 61.4 Å².